The van der Waals surface area contributed by atoms with Gasteiger partial charge >= 0.3 is 0 Å². The summed E-state index contributed by atoms with van der Waals surface area (Å²) in [6.45, 7) is 0.0352. The van der Waals surface area contributed by atoms with Crippen LogP contribution in [0.15, 0.2) is 53.4 Å². The lowest BCUT2D eigenvalue weighted by Gasteiger charge is -2.16. The maximum atomic E-state index is 12.5. The van der Waals surface area contributed by atoms with E-state index >= 15 is 0 Å². The lowest BCUT2D eigenvalue weighted by atomic mass is 10.2. The third kappa shape index (κ3) is 3.97. The van der Waals surface area contributed by atoms with Gasteiger partial charge in [-0.1, -0.05) is 41.9 Å². The Balaban J connectivity index is 1.74. The molecule has 2 amide bonds. The number of methoxy groups -OCH3 is 1. The van der Waals surface area contributed by atoms with Crippen molar-refractivity contribution in [2.45, 2.75) is 0 Å². The molecule has 128 valence electrons. The maximum Gasteiger partial charge on any atom is 0.295 e. The predicted molar refractivity (Wildman–Crippen MR) is 101 cm³/mol. The highest BCUT2D eigenvalue weighted by Gasteiger charge is 2.34. The summed E-state index contributed by atoms with van der Waals surface area (Å²) in [7, 11) is 1.54. The van der Waals surface area contributed by atoms with Crippen molar-refractivity contribution in [2.24, 2.45) is 0 Å². The predicted octanol–water partition coefficient (Wildman–Crippen LogP) is 4.45. The summed E-state index contributed by atoms with van der Waals surface area (Å²) in [5.74, 6) is 0.253. The molecule has 1 saturated heterocycles. The second-order valence-corrected chi connectivity index (χ2v) is 6.63. The fourth-order valence-electron chi connectivity index (χ4n) is 2.32. The normalized spacial score (nSPS) is 15.8. The molecule has 3 rings (SSSR count). The topological polar surface area (TPSA) is 58.6 Å². The lowest BCUT2D eigenvalue weighted by Crippen LogP contribution is -2.33. The Morgan fingerprint density at radius 3 is 2.68 bits per heavy atom. The van der Waals surface area contributed by atoms with Gasteiger partial charge in [-0.3, -0.25) is 14.5 Å². The van der Waals surface area contributed by atoms with Crippen molar-refractivity contribution < 1.29 is 14.3 Å². The largest absolute Gasteiger partial charge is 0.495 e. The van der Waals surface area contributed by atoms with Gasteiger partial charge in [-0.15, -0.1) is 0 Å². The number of halogens is 1. The average molecular weight is 375 g/mol. The molecule has 0 spiro atoms. The highest BCUT2D eigenvalue weighted by atomic mass is 35.5. The van der Waals surface area contributed by atoms with Gasteiger partial charge in [0.15, 0.2) is 0 Å². The fourth-order valence-corrected chi connectivity index (χ4v) is 3.33. The number of amides is 2. The quantitative estimate of drug-likeness (QED) is 0.783. The number of thioether (sulfide) groups is 1. The van der Waals surface area contributed by atoms with E-state index in [-0.39, 0.29) is 17.8 Å². The van der Waals surface area contributed by atoms with Crippen molar-refractivity contribution in [2.75, 3.05) is 19.1 Å². The van der Waals surface area contributed by atoms with Crippen LogP contribution in [0.5, 0.6) is 5.75 Å². The molecule has 25 heavy (non-hydrogen) atoms. The van der Waals surface area contributed by atoms with Crippen LogP contribution in [0.2, 0.25) is 5.02 Å². The summed E-state index contributed by atoms with van der Waals surface area (Å²) in [5.41, 5.74) is 1.48. The molecule has 1 aliphatic rings. The Labute approximate surface area is 154 Å². The molecule has 1 heterocycles. The molecular weight excluding hydrogens is 360 g/mol. The second-order valence-electron chi connectivity index (χ2n) is 5.20. The van der Waals surface area contributed by atoms with Gasteiger partial charge < -0.3 is 10.1 Å². The molecular formula is C18H15ClN2O3S. The number of hydrogen-bond acceptors (Lipinski definition) is 5. The van der Waals surface area contributed by atoms with Crippen LogP contribution in [0.1, 0.15) is 5.56 Å². The summed E-state index contributed by atoms with van der Waals surface area (Å²) >= 11 is 6.91. The van der Waals surface area contributed by atoms with Gasteiger partial charge in [0.25, 0.3) is 11.1 Å². The average Bonchev–Trinajstić information content (AvgIpc) is 2.87. The van der Waals surface area contributed by atoms with Crippen molar-refractivity contribution in [1.82, 2.24) is 4.90 Å². The summed E-state index contributed by atoms with van der Waals surface area (Å²) in [6.07, 6.45) is 1.71. The van der Waals surface area contributed by atoms with Gasteiger partial charge in [0.1, 0.15) is 5.75 Å². The van der Waals surface area contributed by atoms with Gasteiger partial charge in [0.05, 0.1) is 24.4 Å². The van der Waals surface area contributed by atoms with Crippen molar-refractivity contribution in [1.29, 1.82) is 0 Å². The summed E-state index contributed by atoms with van der Waals surface area (Å²) in [4.78, 5) is 26.2. The first-order valence-corrected chi connectivity index (χ1v) is 8.66. The minimum Gasteiger partial charge on any atom is -0.495 e. The number of rotatable bonds is 5. The molecule has 1 fully saturated rings. The van der Waals surface area contributed by atoms with E-state index in [0.29, 0.717) is 21.4 Å². The summed E-state index contributed by atoms with van der Waals surface area (Å²) < 4.78 is 5.24. The third-order valence-corrected chi connectivity index (χ3v) is 4.70. The second kappa shape index (κ2) is 7.63. The number of benzene rings is 2. The lowest BCUT2D eigenvalue weighted by molar-refractivity contribution is -0.122. The minimum atomic E-state index is -0.327. The molecule has 1 N–H and O–H groups in total. The first-order valence-electron chi connectivity index (χ1n) is 7.46. The van der Waals surface area contributed by atoms with E-state index in [1.54, 1.807) is 24.3 Å². The number of hydrogen-bond donors (Lipinski definition) is 1. The van der Waals surface area contributed by atoms with Crippen LogP contribution in [-0.4, -0.2) is 29.8 Å². The third-order valence-electron chi connectivity index (χ3n) is 3.56. The number of imide groups is 1. The van der Waals surface area contributed by atoms with Crippen molar-refractivity contribution in [3.8, 4) is 5.75 Å². The van der Waals surface area contributed by atoms with Crippen molar-refractivity contribution >= 4 is 46.3 Å². The molecule has 0 bridgehead atoms. The van der Waals surface area contributed by atoms with Gasteiger partial charge in [0.2, 0.25) is 0 Å². The molecule has 0 aromatic heterocycles. The number of anilines is 1. The molecule has 2 aromatic rings. The maximum absolute atomic E-state index is 12.5. The van der Waals surface area contributed by atoms with E-state index in [1.165, 1.54) is 7.11 Å². The van der Waals surface area contributed by atoms with Crippen LogP contribution in [0.3, 0.4) is 0 Å². The smallest absolute Gasteiger partial charge is 0.295 e. The summed E-state index contributed by atoms with van der Waals surface area (Å²) in [6, 6.07) is 14.5. The van der Waals surface area contributed by atoms with E-state index in [0.717, 1.165) is 22.2 Å². The standard InChI is InChI=1S/C18H15ClN2O3S/c1-24-15-8-7-13(19)10-14(15)20-11-21-17(22)16(25-18(21)23)9-12-5-3-2-4-6-12/h2-10,20H,11H2,1H3/b16-9+. The van der Waals surface area contributed by atoms with Crippen LogP contribution in [0.25, 0.3) is 6.08 Å². The molecule has 0 aliphatic carbocycles. The molecule has 1 aliphatic heterocycles. The zero-order valence-electron chi connectivity index (χ0n) is 13.4. The zero-order valence-corrected chi connectivity index (χ0v) is 14.9. The molecule has 5 nitrogen and oxygen atoms in total. The number of nitrogens with one attached hydrogen (secondary N) is 1. The number of nitrogens with zero attached hydrogens (tertiary/aromatic N) is 1. The van der Waals surface area contributed by atoms with Gasteiger partial charge in [-0.25, -0.2) is 0 Å². The van der Waals surface area contributed by atoms with Crippen LogP contribution < -0.4 is 10.1 Å². The van der Waals surface area contributed by atoms with Crippen LogP contribution >= 0.6 is 23.4 Å². The molecule has 0 atom stereocenters. The SMILES string of the molecule is COc1ccc(Cl)cc1NCN1C(=O)S/C(=C/c2ccccc2)C1=O. The number of ether oxygens (including phenoxy) is 1. The van der Waals surface area contributed by atoms with Crippen LogP contribution in [0.4, 0.5) is 10.5 Å². The molecule has 0 saturated carbocycles. The molecule has 7 heteroatoms. The Morgan fingerprint density at radius 2 is 1.96 bits per heavy atom. The first-order chi connectivity index (χ1) is 12.1. The Morgan fingerprint density at radius 1 is 1.20 bits per heavy atom. The number of carbonyl (C=O) groups is 2. The summed E-state index contributed by atoms with van der Waals surface area (Å²) in [5, 5.41) is 3.24. The highest BCUT2D eigenvalue weighted by molar-refractivity contribution is 8.18. The van der Waals surface area contributed by atoms with E-state index in [2.05, 4.69) is 5.32 Å². The molecule has 0 unspecified atom stereocenters. The van der Waals surface area contributed by atoms with Gasteiger partial charge in [-0.05, 0) is 41.6 Å². The monoisotopic (exact) mass is 374 g/mol. The van der Waals surface area contributed by atoms with Gasteiger partial charge in [-0.2, -0.15) is 0 Å². The first kappa shape index (κ1) is 17.4. The zero-order chi connectivity index (χ0) is 17.8. The Hall–Kier alpha value is -2.44. The van der Waals surface area contributed by atoms with E-state index in [1.807, 2.05) is 30.3 Å². The highest BCUT2D eigenvalue weighted by Crippen LogP contribution is 2.33. The molecule has 0 radical (unpaired) electrons. The number of carbonyl (C=O) groups excluding carboxylic acids is 2. The Kier molecular flexibility index (Phi) is 5.31. The van der Waals surface area contributed by atoms with E-state index in [4.69, 9.17) is 16.3 Å². The van der Waals surface area contributed by atoms with Crippen LogP contribution in [0, 0.1) is 0 Å². The fraction of sp³-hybridized carbons (Fsp3) is 0.111. The van der Waals surface area contributed by atoms with Gasteiger partial charge in [0, 0.05) is 5.02 Å². The Bertz CT molecular complexity index is 839. The van der Waals surface area contributed by atoms with Crippen molar-refractivity contribution in [3.63, 3.8) is 0 Å². The molecule has 2 aromatic carbocycles. The van der Waals surface area contributed by atoms with Crippen LogP contribution in [-0.2, 0) is 4.79 Å². The van der Waals surface area contributed by atoms with E-state index < -0.39 is 0 Å². The van der Waals surface area contributed by atoms with E-state index in [9.17, 15) is 9.59 Å². The van der Waals surface area contributed by atoms with Crippen molar-refractivity contribution in [3.05, 3.63) is 64.0 Å². The minimum absolute atomic E-state index is 0.0352.